The number of aliphatic hydroxyl groups is 1. The van der Waals surface area contributed by atoms with E-state index in [0.717, 1.165) is 6.07 Å². The number of nitro benzene ring substituents is 2. The van der Waals surface area contributed by atoms with Crippen molar-refractivity contribution in [3.8, 4) is 0 Å². The van der Waals surface area contributed by atoms with Crippen molar-refractivity contribution in [1.82, 2.24) is 0 Å². The van der Waals surface area contributed by atoms with Crippen molar-refractivity contribution >= 4 is 23.0 Å². The molecule has 1 atom stereocenters. The lowest BCUT2D eigenvalue weighted by atomic mass is 10.0. The van der Waals surface area contributed by atoms with Crippen LogP contribution in [-0.4, -0.2) is 38.7 Å². The molecular weight excluding hydrogens is 310 g/mol. The highest BCUT2D eigenvalue weighted by Gasteiger charge is 2.33. The van der Waals surface area contributed by atoms with E-state index in [1.807, 2.05) is 0 Å². The van der Waals surface area contributed by atoms with Gasteiger partial charge >= 0.3 is 11.7 Å². The third-order valence-electron chi connectivity index (χ3n) is 3.46. The summed E-state index contributed by atoms with van der Waals surface area (Å²) < 4.78 is 0. The number of carboxylic acid groups (broad SMARTS) is 1. The third kappa shape index (κ3) is 3.92. The predicted molar refractivity (Wildman–Crippen MR) is 80.9 cm³/mol. The minimum atomic E-state index is -1.48. The van der Waals surface area contributed by atoms with Crippen LogP contribution in [0, 0.1) is 27.2 Å². The highest BCUT2D eigenvalue weighted by Crippen LogP contribution is 2.40. The van der Waals surface area contributed by atoms with E-state index >= 15 is 0 Å². The molecule has 23 heavy (non-hydrogen) atoms. The maximum Gasteiger partial charge on any atom is 0.336 e. The zero-order valence-corrected chi connectivity index (χ0v) is 12.6. The molecular formula is C13H17N3O7. The summed E-state index contributed by atoms with van der Waals surface area (Å²) in [6.07, 6.45) is 0.707. The molecule has 0 aromatic heterocycles. The van der Waals surface area contributed by atoms with Gasteiger partial charge in [-0.15, -0.1) is 0 Å². The van der Waals surface area contributed by atoms with Crippen molar-refractivity contribution in [2.24, 2.45) is 0 Å². The summed E-state index contributed by atoms with van der Waals surface area (Å²) in [5, 5.41) is 43.3. The number of hydrogen-bond acceptors (Lipinski definition) is 7. The number of nitrogens with zero attached hydrogens (tertiary/aromatic N) is 2. The lowest BCUT2D eigenvalue weighted by Gasteiger charge is -2.18. The molecule has 0 fully saturated rings. The topological polar surface area (TPSA) is 156 Å². The summed E-state index contributed by atoms with van der Waals surface area (Å²) in [6, 6.07) is 0.381. The summed E-state index contributed by atoms with van der Waals surface area (Å²) in [5.74, 6) is -1.48. The van der Waals surface area contributed by atoms with Gasteiger partial charge in [0.2, 0.25) is 0 Å². The van der Waals surface area contributed by atoms with E-state index in [-0.39, 0.29) is 24.3 Å². The second-order valence-corrected chi connectivity index (χ2v) is 4.87. The number of aliphatic hydroxyl groups excluding tert-OH is 1. The first kappa shape index (κ1) is 18.3. The van der Waals surface area contributed by atoms with Gasteiger partial charge in [-0.2, -0.15) is 0 Å². The predicted octanol–water partition coefficient (Wildman–Crippen LogP) is 2.08. The van der Waals surface area contributed by atoms with Crippen LogP contribution >= 0.6 is 0 Å². The Balaban J connectivity index is 3.63. The summed E-state index contributed by atoms with van der Waals surface area (Å²) in [7, 11) is 0. The van der Waals surface area contributed by atoms with Crippen molar-refractivity contribution in [2.75, 3.05) is 11.9 Å². The molecule has 1 aromatic carbocycles. The fourth-order valence-corrected chi connectivity index (χ4v) is 2.23. The van der Waals surface area contributed by atoms with Crippen molar-refractivity contribution in [3.05, 3.63) is 37.4 Å². The summed E-state index contributed by atoms with van der Waals surface area (Å²) in [5.41, 5.74) is -2.34. The van der Waals surface area contributed by atoms with Crippen molar-refractivity contribution in [3.63, 3.8) is 0 Å². The Labute approximate surface area is 131 Å². The largest absolute Gasteiger partial charge is 0.478 e. The van der Waals surface area contributed by atoms with Gasteiger partial charge in [0.25, 0.3) is 5.69 Å². The number of hydrogen-bond donors (Lipinski definition) is 3. The van der Waals surface area contributed by atoms with Crippen LogP contribution < -0.4 is 5.32 Å². The Morgan fingerprint density at radius 2 is 1.96 bits per heavy atom. The lowest BCUT2D eigenvalue weighted by molar-refractivity contribution is -0.392. The SMILES string of the molecule is CCC(CCO)Nc1c([N+](=O)[O-])cc(C(=O)O)c(C)c1[N+](=O)[O-]. The zero-order valence-electron chi connectivity index (χ0n) is 12.6. The van der Waals surface area contributed by atoms with Gasteiger partial charge in [-0.3, -0.25) is 20.2 Å². The number of anilines is 1. The first-order valence-electron chi connectivity index (χ1n) is 6.81. The van der Waals surface area contributed by atoms with Crippen LogP contribution in [0.15, 0.2) is 6.07 Å². The molecule has 1 unspecified atom stereocenters. The summed E-state index contributed by atoms with van der Waals surface area (Å²) >= 11 is 0. The van der Waals surface area contributed by atoms with Gasteiger partial charge in [0.1, 0.15) is 0 Å². The van der Waals surface area contributed by atoms with Crippen LogP contribution in [0.2, 0.25) is 0 Å². The molecule has 0 radical (unpaired) electrons. The molecule has 0 spiro atoms. The summed E-state index contributed by atoms with van der Waals surface area (Å²) in [4.78, 5) is 32.0. The van der Waals surface area contributed by atoms with E-state index in [2.05, 4.69) is 5.32 Å². The van der Waals surface area contributed by atoms with Gasteiger partial charge in [-0.25, -0.2) is 4.79 Å². The summed E-state index contributed by atoms with van der Waals surface area (Å²) in [6.45, 7) is 2.78. The van der Waals surface area contributed by atoms with Crippen LogP contribution in [0.3, 0.4) is 0 Å². The molecule has 0 aliphatic rings. The van der Waals surface area contributed by atoms with E-state index in [1.54, 1.807) is 6.92 Å². The number of nitro groups is 2. The normalized spacial score (nSPS) is 11.8. The van der Waals surface area contributed by atoms with E-state index in [1.165, 1.54) is 6.92 Å². The molecule has 1 rings (SSSR count). The number of carbonyl (C=O) groups is 1. The number of carboxylic acids is 1. The minimum absolute atomic E-state index is 0.172. The second kappa shape index (κ2) is 7.49. The Hall–Kier alpha value is -2.75. The first-order chi connectivity index (χ1) is 10.7. The van der Waals surface area contributed by atoms with E-state index in [9.17, 15) is 25.0 Å². The molecule has 0 saturated carbocycles. The number of nitrogens with one attached hydrogen (secondary N) is 1. The van der Waals surface area contributed by atoms with Gasteiger partial charge in [-0.05, 0) is 19.8 Å². The van der Waals surface area contributed by atoms with E-state index < -0.39 is 38.8 Å². The number of rotatable bonds is 8. The van der Waals surface area contributed by atoms with Crippen LogP contribution in [0.1, 0.15) is 35.7 Å². The fraction of sp³-hybridized carbons (Fsp3) is 0.462. The van der Waals surface area contributed by atoms with Gasteiger partial charge in [0.05, 0.1) is 15.4 Å². The monoisotopic (exact) mass is 327 g/mol. The molecule has 10 nitrogen and oxygen atoms in total. The fourth-order valence-electron chi connectivity index (χ4n) is 2.23. The zero-order chi connectivity index (χ0) is 17.7. The molecule has 126 valence electrons. The van der Waals surface area contributed by atoms with Crippen LogP contribution in [0.4, 0.5) is 17.1 Å². The van der Waals surface area contributed by atoms with Gasteiger partial charge in [0.15, 0.2) is 5.69 Å². The van der Waals surface area contributed by atoms with Crippen molar-refractivity contribution < 1.29 is 24.9 Å². The highest BCUT2D eigenvalue weighted by atomic mass is 16.6. The Morgan fingerprint density at radius 3 is 2.35 bits per heavy atom. The third-order valence-corrected chi connectivity index (χ3v) is 3.46. The Bertz CT molecular complexity index is 645. The molecule has 0 aliphatic carbocycles. The van der Waals surface area contributed by atoms with Gasteiger partial charge in [-0.1, -0.05) is 6.92 Å². The highest BCUT2D eigenvalue weighted by molar-refractivity contribution is 5.95. The molecule has 0 aliphatic heterocycles. The average Bonchev–Trinajstić information content (AvgIpc) is 2.45. The molecule has 0 saturated heterocycles. The van der Waals surface area contributed by atoms with Crippen LogP contribution in [-0.2, 0) is 0 Å². The van der Waals surface area contributed by atoms with Crippen LogP contribution in [0.5, 0.6) is 0 Å². The standard InChI is InChI=1S/C13H17N3O7/c1-3-8(4-5-17)14-11-10(15(20)21)6-9(13(18)19)7(2)12(11)16(22)23/h6,8,14,17H,3-5H2,1-2H3,(H,18,19). The van der Waals surface area contributed by atoms with Gasteiger partial charge < -0.3 is 15.5 Å². The van der Waals surface area contributed by atoms with Gasteiger partial charge in [0, 0.05) is 24.3 Å². The second-order valence-electron chi connectivity index (χ2n) is 4.87. The molecule has 10 heteroatoms. The minimum Gasteiger partial charge on any atom is -0.478 e. The molecule has 3 N–H and O–H groups in total. The molecule has 0 heterocycles. The van der Waals surface area contributed by atoms with Crippen LogP contribution in [0.25, 0.3) is 0 Å². The lowest BCUT2D eigenvalue weighted by Crippen LogP contribution is -2.22. The van der Waals surface area contributed by atoms with E-state index in [0.29, 0.717) is 6.42 Å². The average molecular weight is 327 g/mol. The van der Waals surface area contributed by atoms with Crippen molar-refractivity contribution in [2.45, 2.75) is 32.7 Å². The van der Waals surface area contributed by atoms with Crippen molar-refractivity contribution in [1.29, 1.82) is 0 Å². The molecule has 0 amide bonds. The maximum absolute atomic E-state index is 11.3. The molecule has 0 bridgehead atoms. The number of benzene rings is 1. The Kier molecular flexibility index (Phi) is 5.96. The van der Waals surface area contributed by atoms with E-state index in [4.69, 9.17) is 10.2 Å². The Morgan fingerprint density at radius 1 is 1.35 bits per heavy atom. The first-order valence-corrected chi connectivity index (χ1v) is 6.81. The molecule has 1 aromatic rings. The maximum atomic E-state index is 11.3. The number of aromatic carboxylic acids is 1. The smallest absolute Gasteiger partial charge is 0.336 e. The quantitative estimate of drug-likeness (QED) is 0.484.